The molecule has 4 nitrogen and oxygen atoms in total. The summed E-state index contributed by atoms with van der Waals surface area (Å²) >= 11 is 0. The third kappa shape index (κ3) is 3.57. The minimum Gasteiger partial charge on any atom is -0.339 e. The van der Waals surface area contributed by atoms with Gasteiger partial charge in [-0.15, -0.1) is 12.4 Å². The van der Waals surface area contributed by atoms with Crippen molar-refractivity contribution in [3.8, 4) is 0 Å². The molecular weight excluding hydrogens is 238 g/mol. The Hall–Kier alpha value is -0.320. The van der Waals surface area contributed by atoms with Gasteiger partial charge in [0, 0.05) is 32.2 Å². The number of amides is 1. The van der Waals surface area contributed by atoms with Gasteiger partial charge < -0.3 is 10.2 Å². The Morgan fingerprint density at radius 1 is 1.24 bits per heavy atom. The van der Waals surface area contributed by atoms with Crippen molar-refractivity contribution >= 4 is 18.3 Å². The maximum atomic E-state index is 12.1. The summed E-state index contributed by atoms with van der Waals surface area (Å²) < 4.78 is 0. The van der Waals surface area contributed by atoms with Crippen LogP contribution in [-0.2, 0) is 4.79 Å². The topological polar surface area (TPSA) is 35.6 Å². The number of halogens is 1. The Morgan fingerprint density at radius 3 is 2.35 bits per heavy atom. The van der Waals surface area contributed by atoms with Gasteiger partial charge in [-0.3, -0.25) is 9.69 Å². The molecule has 0 bridgehead atoms. The first-order valence-electron chi connectivity index (χ1n) is 6.44. The zero-order valence-corrected chi connectivity index (χ0v) is 11.6. The van der Waals surface area contributed by atoms with Crippen LogP contribution >= 0.6 is 12.4 Å². The lowest BCUT2D eigenvalue weighted by atomic mass is 10.1. The van der Waals surface area contributed by atoms with E-state index in [4.69, 9.17) is 0 Å². The molecule has 2 rings (SSSR count). The molecule has 0 aromatic heterocycles. The molecule has 1 unspecified atom stereocenters. The van der Waals surface area contributed by atoms with Gasteiger partial charge in [0.1, 0.15) is 0 Å². The van der Waals surface area contributed by atoms with E-state index in [9.17, 15) is 4.79 Å². The van der Waals surface area contributed by atoms with Gasteiger partial charge in [0.25, 0.3) is 0 Å². The summed E-state index contributed by atoms with van der Waals surface area (Å²) in [5.41, 5.74) is 0. The third-order valence-corrected chi connectivity index (χ3v) is 3.71. The van der Waals surface area contributed by atoms with Crippen LogP contribution in [0.3, 0.4) is 0 Å². The summed E-state index contributed by atoms with van der Waals surface area (Å²) in [6, 6.07) is 0.701. The molecule has 0 spiro atoms. The van der Waals surface area contributed by atoms with Gasteiger partial charge in [-0.2, -0.15) is 0 Å². The third-order valence-electron chi connectivity index (χ3n) is 3.71. The molecule has 100 valence electrons. The van der Waals surface area contributed by atoms with Crippen LogP contribution in [0.5, 0.6) is 0 Å². The Labute approximate surface area is 110 Å². The van der Waals surface area contributed by atoms with Crippen LogP contribution in [-0.4, -0.2) is 60.5 Å². The Kier molecular flexibility index (Phi) is 5.70. The van der Waals surface area contributed by atoms with Crippen molar-refractivity contribution in [2.45, 2.75) is 38.8 Å². The number of nitrogens with one attached hydrogen (secondary N) is 1. The Bertz CT molecular complexity index is 246. The van der Waals surface area contributed by atoms with E-state index in [1.165, 1.54) is 0 Å². The van der Waals surface area contributed by atoms with Crippen LogP contribution in [0.2, 0.25) is 0 Å². The first-order chi connectivity index (χ1) is 7.68. The summed E-state index contributed by atoms with van der Waals surface area (Å²) in [6.45, 7) is 9.28. The van der Waals surface area contributed by atoms with E-state index in [0.717, 1.165) is 45.6 Å². The van der Waals surface area contributed by atoms with Gasteiger partial charge in [-0.1, -0.05) is 0 Å². The maximum absolute atomic E-state index is 12.1. The van der Waals surface area contributed by atoms with Crippen LogP contribution in [0.4, 0.5) is 0 Å². The average molecular weight is 262 g/mol. The van der Waals surface area contributed by atoms with Crippen molar-refractivity contribution in [2.75, 3.05) is 32.7 Å². The molecular formula is C12H24ClN3O. The highest BCUT2D eigenvalue weighted by Gasteiger charge is 2.29. The lowest BCUT2D eigenvalue weighted by molar-refractivity contribution is -0.135. The summed E-state index contributed by atoms with van der Waals surface area (Å²) in [5.74, 6) is 0.320. The lowest BCUT2D eigenvalue weighted by Crippen LogP contribution is -2.54. The first-order valence-corrected chi connectivity index (χ1v) is 6.44. The Morgan fingerprint density at radius 2 is 1.88 bits per heavy atom. The molecule has 0 aliphatic carbocycles. The van der Waals surface area contributed by atoms with Crippen LogP contribution in [0, 0.1) is 0 Å². The maximum Gasteiger partial charge on any atom is 0.239 e. The molecule has 0 saturated carbocycles. The number of piperazine rings is 1. The monoisotopic (exact) mass is 261 g/mol. The summed E-state index contributed by atoms with van der Waals surface area (Å²) in [5, 5.41) is 3.28. The van der Waals surface area contributed by atoms with Crippen molar-refractivity contribution in [1.29, 1.82) is 0 Å². The molecule has 0 aromatic rings. The van der Waals surface area contributed by atoms with Crippen molar-refractivity contribution in [3.05, 3.63) is 0 Å². The quantitative estimate of drug-likeness (QED) is 0.796. The lowest BCUT2D eigenvalue weighted by Gasteiger charge is -2.37. The number of hydrogen-bond donors (Lipinski definition) is 1. The van der Waals surface area contributed by atoms with E-state index < -0.39 is 0 Å². The van der Waals surface area contributed by atoms with Crippen LogP contribution < -0.4 is 5.32 Å². The smallest absolute Gasteiger partial charge is 0.239 e. The molecule has 1 atom stereocenters. The molecule has 5 heteroatoms. The molecule has 17 heavy (non-hydrogen) atoms. The first kappa shape index (κ1) is 14.7. The number of rotatable bonds is 2. The minimum atomic E-state index is 0. The molecule has 2 heterocycles. The molecule has 0 radical (unpaired) electrons. The van der Waals surface area contributed by atoms with Crippen molar-refractivity contribution in [2.24, 2.45) is 0 Å². The molecule has 2 saturated heterocycles. The van der Waals surface area contributed by atoms with Crippen molar-refractivity contribution in [3.63, 3.8) is 0 Å². The van der Waals surface area contributed by atoms with Gasteiger partial charge >= 0.3 is 0 Å². The van der Waals surface area contributed by atoms with Crippen molar-refractivity contribution < 1.29 is 4.79 Å². The number of carbonyl (C=O) groups excluding carboxylic acids is 1. The summed E-state index contributed by atoms with van der Waals surface area (Å²) in [6.07, 6.45) is 2.16. The molecule has 0 aromatic carbocycles. The predicted octanol–water partition coefficient (Wildman–Crippen LogP) is 0.713. The normalized spacial score (nSPS) is 26.1. The summed E-state index contributed by atoms with van der Waals surface area (Å²) in [7, 11) is 0. The number of carbonyl (C=O) groups is 1. The predicted molar refractivity (Wildman–Crippen MR) is 71.6 cm³/mol. The zero-order valence-electron chi connectivity index (χ0n) is 10.8. The molecule has 2 fully saturated rings. The average Bonchev–Trinajstić information content (AvgIpc) is 2.81. The molecule has 2 aliphatic heterocycles. The van der Waals surface area contributed by atoms with Gasteiger partial charge in [0.2, 0.25) is 5.91 Å². The fourth-order valence-electron chi connectivity index (χ4n) is 2.57. The van der Waals surface area contributed by atoms with Gasteiger partial charge in [0.15, 0.2) is 0 Å². The van der Waals surface area contributed by atoms with Crippen LogP contribution in [0.15, 0.2) is 0 Å². The fourth-order valence-corrected chi connectivity index (χ4v) is 2.57. The zero-order chi connectivity index (χ0) is 11.5. The van der Waals surface area contributed by atoms with Gasteiger partial charge in [0.05, 0.1) is 6.04 Å². The Balaban J connectivity index is 0.00000144. The van der Waals surface area contributed by atoms with E-state index in [1.807, 2.05) is 4.90 Å². The standard InChI is InChI=1S/C12H23N3O.ClH/c1-10(2)14-6-8-15(9-7-14)12(16)11-4-3-5-13-11;/h10-11,13H,3-9H2,1-2H3;1H. The van der Waals surface area contributed by atoms with E-state index in [0.29, 0.717) is 11.9 Å². The summed E-state index contributed by atoms with van der Waals surface area (Å²) in [4.78, 5) is 16.6. The SMILES string of the molecule is CC(C)N1CCN(C(=O)C2CCCN2)CC1.Cl. The highest BCUT2D eigenvalue weighted by atomic mass is 35.5. The number of nitrogens with zero attached hydrogens (tertiary/aromatic N) is 2. The van der Waals surface area contributed by atoms with Crippen LogP contribution in [0.25, 0.3) is 0 Å². The number of hydrogen-bond acceptors (Lipinski definition) is 3. The molecule has 1 amide bonds. The van der Waals surface area contributed by atoms with Gasteiger partial charge in [-0.05, 0) is 33.2 Å². The van der Waals surface area contributed by atoms with E-state index in [1.54, 1.807) is 0 Å². The molecule has 2 aliphatic rings. The highest BCUT2D eigenvalue weighted by Crippen LogP contribution is 2.12. The van der Waals surface area contributed by atoms with E-state index in [-0.39, 0.29) is 18.4 Å². The minimum absolute atomic E-state index is 0. The molecule has 1 N–H and O–H groups in total. The second kappa shape index (κ2) is 6.57. The highest BCUT2D eigenvalue weighted by molar-refractivity contribution is 5.85. The van der Waals surface area contributed by atoms with E-state index in [2.05, 4.69) is 24.1 Å². The second-order valence-corrected chi connectivity index (χ2v) is 5.10. The largest absolute Gasteiger partial charge is 0.339 e. The fraction of sp³-hybridized carbons (Fsp3) is 0.917. The van der Waals surface area contributed by atoms with Crippen molar-refractivity contribution in [1.82, 2.24) is 15.1 Å². The van der Waals surface area contributed by atoms with E-state index >= 15 is 0 Å². The van der Waals surface area contributed by atoms with Gasteiger partial charge in [-0.25, -0.2) is 0 Å². The second-order valence-electron chi connectivity index (χ2n) is 5.10. The van der Waals surface area contributed by atoms with Crippen LogP contribution in [0.1, 0.15) is 26.7 Å².